The van der Waals surface area contributed by atoms with Crippen LogP contribution >= 0.6 is 0 Å². The van der Waals surface area contributed by atoms with E-state index in [0.717, 1.165) is 6.42 Å². The van der Waals surface area contributed by atoms with Crippen molar-refractivity contribution in [1.29, 1.82) is 0 Å². The van der Waals surface area contributed by atoms with Crippen LogP contribution in [0.3, 0.4) is 0 Å². The zero-order valence-electron chi connectivity index (χ0n) is 28.8. The minimum absolute atomic E-state index is 0.0364. The molecule has 0 radical (unpaired) electrons. The molecular formula is C31H68O5Si3. The van der Waals surface area contributed by atoms with Crippen molar-refractivity contribution in [2.24, 2.45) is 0 Å². The molecular weight excluding hydrogens is 537 g/mol. The topological polar surface area (TPSA) is 68.2 Å². The van der Waals surface area contributed by atoms with Crippen molar-refractivity contribution in [3.63, 3.8) is 0 Å². The molecule has 0 aromatic rings. The van der Waals surface area contributed by atoms with Crippen molar-refractivity contribution in [3.8, 4) is 0 Å². The number of hydrogen-bond donors (Lipinski definition) is 2. The van der Waals surface area contributed by atoms with E-state index in [0.29, 0.717) is 25.7 Å². The lowest BCUT2D eigenvalue weighted by Crippen LogP contribution is -2.49. The van der Waals surface area contributed by atoms with Crippen LogP contribution in [0.5, 0.6) is 0 Å². The number of hydrogen-bond acceptors (Lipinski definition) is 5. The van der Waals surface area contributed by atoms with Crippen molar-refractivity contribution in [1.82, 2.24) is 0 Å². The quantitative estimate of drug-likeness (QED) is 0.136. The molecule has 0 rings (SSSR count). The van der Waals surface area contributed by atoms with Gasteiger partial charge in [-0.15, -0.1) is 6.58 Å². The lowest BCUT2D eigenvalue weighted by atomic mass is 9.98. The number of rotatable bonds is 16. The predicted octanol–water partition coefficient (Wildman–Crippen LogP) is 9.04. The van der Waals surface area contributed by atoms with Crippen molar-refractivity contribution in [2.45, 2.75) is 186 Å². The first kappa shape index (κ1) is 39.2. The summed E-state index contributed by atoms with van der Waals surface area (Å²) in [5, 5.41) is 21.6. The fourth-order valence-electron chi connectivity index (χ4n) is 3.97. The van der Waals surface area contributed by atoms with Crippen LogP contribution in [0.2, 0.25) is 54.4 Å². The van der Waals surface area contributed by atoms with Gasteiger partial charge in [-0.2, -0.15) is 0 Å². The molecule has 0 spiro atoms. The first-order chi connectivity index (χ1) is 17.1. The van der Waals surface area contributed by atoms with Gasteiger partial charge in [0.05, 0.1) is 12.2 Å². The Labute approximate surface area is 246 Å². The fourth-order valence-corrected chi connectivity index (χ4v) is 8.18. The summed E-state index contributed by atoms with van der Waals surface area (Å²) in [5.41, 5.74) is 0. The summed E-state index contributed by atoms with van der Waals surface area (Å²) in [4.78, 5) is 0. The maximum atomic E-state index is 11.0. The third kappa shape index (κ3) is 13.4. The van der Waals surface area contributed by atoms with Crippen molar-refractivity contribution < 1.29 is 23.5 Å². The molecule has 0 aromatic carbocycles. The van der Waals surface area contributed by atoms with Gasteiger partial charge in [0, 0.05) is 18.3 Å². The maximum Gasteiger partial charge on any atom is 0.192 e. The van der Waals surface area contributed by atoms with E-state index in [1.165, 1.54) is 0 Å². The average Bonchev–Trinajstić information content (AvgIpc) is 2.63. The Balaban J connectivity index is 6.19. The zero-order chi connectivity index (χ0) is 31.3. The summed E-state index contributed by atoms with van der Waals surface area (Å²) in [6, 6.07) is 0. The first-order valence-electron chi connectivity index (χ1n) is 15.2. The Morgan fingerprint density at radius 3 is 1.31 bits per heavy atom. The van der Waals surface area contributed by atoms with Gasteiger partial charge in [-0.25, -0.2) is 0 Å². The SMILES string of the molecule is C=CCC(O)C[C@@H](O)C[C@H](C[C@H](C[C@H](C)O[Si](C)(C)C(C)(C)C)O[Si](C)(C)C(C)(C)C)O[Si](C)(C)C(C)(C)C. The van der Waals surface area contributed by atoms with E-state index in [4.69, 9.17) is 13.3 Å². The van der Waals surface area contributed by atoms with E-state index >= 15 is 0 Å². The van der Waals surface area contributed by atoms with Crippen LogP contribution < -0.4 is 0 Å². The van der Waals surface area contributed by atoms with Crippen LogP contribution in [0.1, 0.15) is 101 Å². The first-order valence-corrected chi connectivity index (χ1v) is 23.9. The molecule has 0 aliphatic carbocycles. The molecule has 234 valence electrons. The van der Waals surface area contributed by atoms with Crippen molar-refractivity contribution in [3.05, 3.63) is 12.7 Å². The van der Waals surface area contributed by atoms with Gasteiger partial charge in [-0.1, -0.05) is 68.4 Å². The molecule has 0 aliphatic rings. The molecule has 39 heavy (non-hydrogen) atoms. The van der Waals surface area contributed by atoms with E-state index in [1.54, 1.807) is 6.08 Å². The summed E-state index contributed by atoms with van der Waals surface area (Å²) in [5.74, 6) is 0. The Hall–Kier alpha value is 0.191. The highest BCUT2D eigenvalue weighted by Crippen LogP contribution is 2.42. The van der Waals surface area contributed by atoms with E-state index in [1.807, 2.05) is 0 Å². The lowest BCUT2D eigenvalue weighted by molar-refractivity contribution is 0.0175. The fraction of sp³-hybridized carbons (Fsp3) is 0.935. The van der Waals surface area contributed by atoms with Gasteiger partial charge in [0.25, 0.3) is 0 Å². The summed E-state index contributed by atoms with van der Waals surface area (Å²) in [7, 11) is -6.11. The highest BCUT2D eigenvalue weighted by Gasteiger charge is 2.44. The molecule has 0 heterocycles. The molecule has 0 aliphatic heterocycles. The van der Waals surface area contributed by atoms with Gasteiger partial charge in [-0.05, 0) is 93.4 Å². The molecule has 0 saturated heterocycles. The molecule has 0 amide bonds. The minimum atomic E-state index is -2.11. The summed E-state index contributed by atoms with van der Waals surface area (Å²) in [6.45, 7) is 40.1. The monoisotopic (exact) mass is 604 g/mol. The van der Waals surface area contributed by atoms with Crippen LogP contribution in [0, 0.1) is 0 Å². The maximum absolute atomic E-state index is 11.0. The second-order valence-corrected chi connectivity index (χ2v) is 30.7. The normalized spacial score (nSPS) is 18.4. The second-order valence-electron chi connectivity index (χ2n) is 16.5. The molecule has 0 bridgehead atoms. The zero-order valence-corrected chi connectivity index (χ0v) is 31.8. The Morgan fingerprint density at radius 1 is 0.590 bits per heavy atom. The van der Waals surface area contributed by atoms with Crippen LogP contribution in [0.4, 0.5) is 0 Å². The molecule has 1 unspecified atom stereocenters. The van der Waals surface area contributed by atoms with Crippen molar-refractivity contribution >= 4 is 25.0 Å². The van der Waals surface area contributed by atoms with E-state index in [2.05, 4.69) is 115 Å². The van der Waals surface area contributed by atoms with Gasteiger partial charge in [0.2, 0.25) is 0 Å². The molecule has 0 saturated carbocycles. The number of aliphatic hydroxyl groups is 2. The number of aliphatic hydroxyl groups excluding tert-OH is 2. The molecule has 5 atom stereocenters. The van der Waals surface area contributed by atoms with Crippen LogP contribution in [-0.2, 0) is 13.3 Å². The molecule has 5 nitrogen and oxygen atoms in total. The molecule has 0 fully saturated rings. The third-order valence-electron chi connectivity index (χ3n) is 9.48. The average molecular weight is 605 g/mol. The highest BCUT2D eigenvalue weighted by molar-refractivity contribution is 6.75. The lowest BCUT2D eigenvalue weighted by Gasteiger charge is -2.44. The van der Waals surface area contributed by atoms with Crippen molar-refractivity contribution in [2.75, 3.05) is 0 Å². The Morgan fingerprint density at radius 2 is 0.949 bits per heavy atom. The smallest absolute Gasteiger partial charge is 0.192 e. The molecule has 8 heteroatoms. The largest absolute Gasteiger partial charge is 0.414 e. The minimum Gasteiger partial charge on any atom is -0.414 e. The van der Waals surface area contributed by atoms with E-state index in [9.17, 15) is 10.2 Å². The van der Waals surface area contributed by atoms with Gasteiger partial charge < -0.3 is 23.5 Å². The standard InChI is InChI=1S/C31H68O5Si3/c1-18-19-25(32)21-26(33)22-28(36-39(16,17)31(9,10)11)23-27(35-38(14,15)30(6,7)8)20-24(2)34-37(12,13)29(3,4)5/h18,24-28,32-33H,1,19-23H2,2-17H3/t24-,25?,26+,27-,28+/m0/s1. The summed E-state index contributed by atoms with van der Waals surface area (Å²) < 4.78 is 20.8. The van der Waals surface area contributed by atoms with E-state index < -0.39 is 37.2 Å². The molecule has 2 N–H and O–H groups in total. The van der Waals surface area contributed by atoms with Gasteiger partial charge in [0.15, 0.2) is 25.0 Å². The van der Waals surface area contributed by atoms with Crippen LogP contribution in [0.25, 0.3) is 0 Å². The highest BCUT2D eigenvalue weighted by atomic mass is 28.4. The summed E-state index contributed by atoms with van der Waals surface area (Å²) in [6.07, 6.45) is 3.11. The summed E-state index contributed by atoms with van der Waals surface area (Å²) >= 11 is 0. The molecule has 0 aromatic heterocycles. The third-order valence-corrected chi connectivity index (χ3v) is 23.1. The predicted molar refractivity (Wildman–Crippen MR) is 177 cm³/mol. The Kier molecular flexibility index (Phi) is 14.7. The second kappa shape index (κ2) is 14.6. The van der Waals surface area contributed by atoms with Crippen LogP contribution in [0.15, 0.2) is 12.7 Å². The van der Waals surface area contributed by atoms with Gasteiger partial charge in [-0.3, -0.25) is 0 Å². The van der Waals surface area contributed by atoms with Crippen LogP contribution in [-0.4, -0.2) is 65.7 Å². The van der Waals surface area contributed by atoms with Gasteiger partial charge in [0.1, 0.15) is 0 Å². The van der Waals surface area contributed by atoms with Gasteiger partial charge >= 0.3 is 0 Å². The van der Waals surface area contributed by atoms with E-state index in [-0.39, 0.29) is 33.4 Å². The Bertz CT molecular complexity index is 732.